The van der Waals surface area contributed by atoms with E-state index in [9.17, 15) is 4.79 Å². The quantitative estimate of drug-likeness (QED) is 0.263. The lowest BCUT2D eigenvalue weighted by atomic mass is 10.0. The largest absolute Gasteiger partial charge is 0.459 e. The average Bonchev–Trinajstić information content (AvgIpc) is 2.70. The minimum absolute atomic E-state index is 0.0965. The zero-order valence-electron chi connectivity index (χ0n) is 17.3. The SMILES string of the molecule is CCCCCCCCCCCCCCCC(=O)OCc1cccc(CO)n1. The van der Waals surface area contributed by atoms with E-state index in [2.05, 4.69) is 11.9 Å². The van der Waals surface area contributed by atoms with Gasteiger partial charge in [-0.05, 0) is 18.6 Å². The third-order valence-corrected chi connectivity index (χ3v) is 4.89. The van der Waals surface area contributed by atoms with Crippen LogP contribution in [0, 0.1) is 0 Å². The second-order valence-corrected chi connectivity index (χ2v) is 7.43. The standard InChI is InChI=1S/C23H39NO3/c1-2-3-4-5-6-7-8-9-10-11-12-13-14-18-23(26)27-20-22-17-15-16-21(19-25)24-22/h15-17,25H,2-14,18-20H2,1H3. The van der Waals surface area contributed by atoms with Crippen LogP contribution in [-0.2, 0) is 22.7 Å². The molecule has 0 unspecified atom stereocenters. The van der Waals surface area contributed by atoms with E-state index in [4.69, 9.17) is 9.84 Å². The molecule has 1 N–H and O–H groups in total. The summed E-state index contributed by atoms with van der Waals surface area (Å²) >= 11 is 0. The zero-order valence-corrected chi connectivity index (χ0v) is 17.3. The molecule has 1 aromatic rings. The van der Waals surface area contributed by atoms with Gasteiger partial charge in [0.15, 0.2) is 0 Å². The molecule has 0 atom stereocenters. The summed E-state index contributed by atoms with van der Waals surface area (Å²) in [6.45, 7) is 2.35. The molecule has 0 spiro atoms. The van der Waals surface area contributed by atoms with Gasteiger partial charge in [0, 0.05) is 6.42 Å². The number of nitrogens with zero attached hydrogens (tertiary/aromatic N) is 1. The van der Waals surface area contributed by atoms with Gasteiger partial charge in [-0.25, -0.2) is 0 Å². The van der Waals surface area contributed by atoms with Gasteiger partial charge in [-0.2, -0.15) is 0 Å². The molecule has 1 rings (SSSR count). The topological polar surface area (TPSA) is 59.4 Å². The highest BCUT2D eigenvalue weighted by atomic mass is 16.5. The number of ether oxygens (including phenoxy) is 1. The van der Waals surface area contributed by atoms with Crippen molar-refractivity contribution in [2.45, 2.75) is 110 Å². The molecule has 0 fully saturated rings. The highest BCUT2D eigenvalue weighted by Crippen LogP contribution is 2.13. The number of unbranched alkanes of at least 4 members (excludes halogenated alkanes) is 12. The van der Waals surface area contributed by atoms with E-state index >= 15 is 0 Å². The molecule has 27 heavy (non-hydrogen) atoms. The zero-order chi connectivity index (χ0) is 19.6. The fraction of sp³-hybridized carbons (Fsp3) is 0.739. The maximum atomic E-state index is 11.8. The Labute approximate surface area is 165 Å². The predicted molar refractivity (Wildman–Crippen MR) is 110 cm³/mol. The molecule has 0 aliphatic carbocycles. The average molecular weight is 378 g/mol. The lowest BCUT2D eigenvalue weighted by Gasteiger charge is -2.06. The van der Waals surface area contributed by atoms with E-state index in [0.717, 1.165) is 12.8 Å². The van der Waals surface area contributed by atoms with Crippen LogP contribution in [-0.4, -0.2) is 16.1 Å². The van der Waals surface area contributed by atoms with Crippen molar-refractivity contribution in [1.29, 1.82) is 0 Å². The number of hydrogen-bond acceptors (Lipinski definition) is 4. The van der Waals surface area contributed by atoms with Gasteiger partial charge in [0.05, 0.1) is 18.0 Å². The third-order valence-electron chi connectivity index (χ3n) is 4.89. The summed E-state index contributed by atoms with van der Waals surface area (Å²) in [6, 6.07) is 5.37. The van der Waals surface area contributed by atoms with Gasteiger partial charge < -0.3 is 9.84 Å². The van der Waals surface area contributed by atoms with Gasteiger partial charge in [-0.3, -0.25) is 9.78 Å². The summed E-state index contributed by atoms with van der Waals surface area (Å²) in [5.41, 5.74) is 1.28. The van der Waals surface area contributed by atoms with Crippen molar-refractivity contribution in [3.8, 4) is 0 Å². The maximum Gasteiger partial charge on any atom is 0.306 e. The van der Waals surface area contributed by atoms with Crippen LogP contribution in [0.5, 0.6) is 0 Å². The summed E-state index contributed by atoms with van der Waals surface area (Å²) in [5, 5.41) is 9.06. The van der Waals surface area contributed by atoms with E-state index in [1.807, 2.05) is 6.07 Å². The molecule has 0 aliphatic rings. The van der Waals surface area contributed by atoms with Crippen molar-refractivity contribution in [3.63, 3.8) is 0 Å². The first-order valence-electron chi connectivity index (χ1n) is 11.0. The van der Waals surface area contributed by atoms with Crippen molar-refractivity contribution in [2.24, 2.45) is 0 Å². The molecular weight excluding hydrogens is 338 g/mol. The van der Waals surface area contributed by atoms with Gasteiger partial charge in [-0.15, -0.1) is 0 Å². The fourth-order valence-electron chi connectivity index (χ4n) is 3.21. The minimum atomic E-state index is -0.158. The number of rotatable bonds is 17. The second-order valence-electron chi connectivity index (χ2n) is 7.43. The van der Waals surface area contributed by atoms with Gasteiger partial charge in [0.25, 0.3) is 0 Å². The first-order chi connectivity index (χ1) is 13.3. The van der Waals surface area contributed by atoms with Crippen LogP contribution in [0.3, 0.4) is 0 Å². The minimum Gasteiger partial charge on any atom is -0.459 e. The van der Waals surface area contributed by atoms with E-state index in [0.29, 0.717) is 17.8 Å². The van der Waals surface area contributed by atoms with E-state index in [-0.39, 0.29) is 19.2 Å². The number of carbonyl (C=O) groups is 1. The lowest BCUT2D eigenvalue weighted by molar-refractivity contribution is -0.145. The molecule has 0 amide bonds. The van der Waals surface area contributed by atoms with E-state index in [1.165, 1.54) is 70.6 Å². The Morgan fingerprint density at radius 2 is 1.37 bits per heavy atom. The van der Waals surface area contributed by atoms with Gasteiger partial charge in [-0.1, -0.05) is 90.0 Å². The predicted octanol–water partition coefficient (Wildman–Crippen LogP) is 6.10. The molecule has 1 heterocycles. The number of aromatic nitrogens is 1. The van der Waals surface area contributed by atoms with E-state index < -0.39 is 0 Å². The van der Waals surface area contributed by atoms with Gasteiger partial charge in [0.1, 0.15) is 6.61 Å². The molecule has 0 radical (unpaired) electrons. The van der Waals surface area contributed by atoms with Crippen LogP contribution in [0.25, 0.3) is 0 Å². The molecule has 0 saturated heterocycles. The first kappa shape index (κ1) is 23.6. The summed E-state index contributed by atoms with van der Waals surface area (Å²) < 4.78 is 5.25. The number of aliphatic hydroxyl groups is 1. The molecule has 4 heteroatoms. The van der Waals surface area contributed by atoms with Crippen LogP contribution < -0.4 is 0 Å². The first-order valence-corrected chi connectivity index (χ1v) is 11.0. The Balaban J connectivity index is 1.88. The Morgan fingerprint density at radius 3 is 1.93 bits per heavy atom. The van der Waals surface area contributed by atoms with Crippen molar-refractivity contribution in [3.05, 3.63) is 29.6 Å². The van der Waals surface area contributed by atoms with Crippen LogP contribution in [0.2, 0.25) is 0 Å². The van der Waals surface area contributed by atoms with Crippen molar-refractivity contribution in [1.82, 2.24) is 4.98 Å². The van der Waals surface area contributed by atoms with Crippen LogP contribution in [0.15, 0.2) is 18.2 Å². The number of pyridine rings is 1. The van der Waals surface area contributed by atoms with Crippen LogP contribution in [0.4, 0.5) is 0 Å². The Kier molecular flexibility index (Phi) is 14.6. The molecule has 1 aromatic heterocycles. The number of carbonyl (C=O) groups excluding carboxylic acids is 1. The Hall–Kier alpha value is -1.42. The highest BCUT2D eigenvalue weighted by molar-refractivity contribution is 5.69. The number of esters is 1. The molecule has 154 valence electrons. The number of aliphatic hydroxyl groups excluding tert-OH is 1. The van der Waals surface area contributed by atoms with Crippen molar-refractivity contribution in [2.75, 3.05) is 0 Å². The molecule has 0 aromatic carbocycles. The summed E-state index contributed by atoms with van der Waals surface area (Å²) in [5.74, 6) is -0.158. The van der Waals surface area contributed by atoms with Gasteiger partial charge >= 0.3 is 5.97 Å². The summed E-state index contributed by atoms with van der Waals surface area (Å²) in [4.78, 5) is 16.0. The third kappa shape index (κ3) is 13.4. The normalized spacial score (nSPS) is 10.9. The monoisotopic (exact) mass is 377 g/mol. The van der Waals surface area contributed by atoms with Crippen molar-refractivity contribution >= 4 is 5.97 Å². The van der Waals surface area contributed by atoms with Crippen LogP contribution >= 0.6 is 0 Å². The van der Waals surface area contributed by atoms with Crippen LogP contribution in [0.1, 0.15) is 108 Å². The maximum absolute atomic E-state index is 11.8. The molecule has 0 bridgehead atoms. The summed E-state index contributed by atoms with van der Waals surface area (Å²) in [6.07, 6.45) is 17.4. The van der Waals surface area contributed by atoms with Crippen molar-refractivity contribution < 1.29 is 14.6 Å². The second kappa shape index (κ2) is 16.7. The molecule has 0 saturated carbocycles. The van der Waals surface area contributed by atoms with Gasteiger partial charge in [0.2, 0.25) is 0 Å². The number of hydrogen-bond donors (Lipinski definition) is 1. The summed E-state index contributed by atoms with van der Waals surface area (Å²) in [7, 11) is 0. The fourth-order valence-corrected chi connectivity index (χ4v) is 3.21. The Morgan fingerprint density at radius 1 is 0.852 bits per heavy atom. The highest BCUT2D eigenvalue weighted by Gasteiger charge is 2.04. The molecule has 4 nitrogen and oxygen atoms in total. The molecular formula is C23H39NO3. The smallest absolute Gasteiger partial charge is 0.306 e. The Bertz CT molecular complexity index is 490. The lowest BCUT2D eigenvalue weighted by Crippen LogP contribution is -2.06. The van der Waals surface area contributed by atoms with E-state index in [1.54, 1.807) is 12.1 Å². The molecule has 0 aliphatic heterocycles.